The highest BCUT2D eigenvalue weighted by atomic mass is 16.5. The zero-order valence-corrected chi connectivity index (χ0v) is 11.5. The Labute approximate surface area is 110 Å². The first kappa shape index (κ1) is 13.2. The lowest BCUT2D eigenvalue weighted by Crippen LogP contribution is -2.24. The standard InChI is InChI=1S/C15H24N2O/c1-16-12-13-7-8-14(15(11-13)18-2)17-9-5-3-4-6-10-17/h7-8,11,16H,3-6,9-10,12H2,1-2H3. The number of hydrogen-bond donors (Lipinski definition) is 1. The van der Waals surface area contributed by atoms with E-state index in [2.05, 4.69) is 28.4 Å². The Morgan fingerprint density at radius 3 is 2.50 bits per heavy atom. The van der Waals surface area contributed by atoms with Gasteiger partial charge in [0.2, 0.25) is 0 Å². The van der Waals surface area contributed by atoms with Crippen LogP contribution in [0.3, 0.4) is 0 Å². The molecule has 1 aliphatic rings. The smallest absolute Gasteiger partial charge is 0.142 e. The van der Waals surface area contributed by atoms with Crippen LogP contribution in [-0.2, 0) is 6.54 Å². The topological polar surface area (TPSA) is 24.5 Å². The predicted molar refractivity (Wildman–Crippen MR) is 76.4 cm³/mol. The SMILES string of the molecule is CNCc1ccc(N2CCCCCC2)c(OC)c1. The van der Waals surface area contributed by atoms with Gasteiger partial charge in [-0.05, 0) is 37.6 Å². The summed E-state index contributed by atoms with van der Waals surface area (Å²) < 4.78 is 5.56. The highest BCUT2D eigenvalue weighted by Crippen LogP contribution is 2.31. The second-order valence-corrected chi connectivity index (χ2v) is 4.94. The van der Waals surface area contributed by atoms with E-state index in [1.807, 2.05) is 7.05 Å². The van der Waals surface area contributed by atoms with Crippen LogP contribution in [0.2, 0.25) is 0 Å². The number of nitrogens with one attached hydrogen (secondary N) is 1. The number of ether oxygens (including phenoxy) is 1. The third-order valence-corrected chi connectivity index (χ3v) is 3.57. The van der Waals surface area contributed by atoms with E-state index in [0.29, 0.717) is 0 Å². The first-order valence-corrected chi connectivity index (χ1v) is 6.91. The summed E-state index contributed by atoms with van der Waals surface area (Å²) in [5, 5.41) is 3.18. The van der Waals surface area contributed by atoms with Crippen LogP contribution in [0.15, 0.2) is 18.2 Å². The van der Waals surface area contributed by atoms with Gasteiger partial charge in [0, 0.05) is 19.6 Å². The Balaban J connectivity index is 2.19. The molecule has 1 aromatic carbocycles. The van der Waals surface area contributed by atoms with Crippen molar-refractivity contribution in [2.24, 2.45) is 0 Å². The van der Waals surface area contributed by atoms with Crippen molar-refractivity contribution in [3.8, 4) is 5.75 Å². The van der Waals surface area contributed by atoms with Gasteiger partial charge < -0.3 is 15.0 Å². The van der Waals surface area contributed by atoms with Gasteiger partial charge in [-0.3, -0.25) is 0 Å². The van der Waals surface area contributed by atoms with Crippen LogP contribution in [0.4, 0.5) is 5.69 Å². The molecule has 1 fully saturated rings. The van der Waals surface area contributed by atoms with Gasteiger partial charge in [0.15, 0.2) is 0 Å². The minimum absolute atomic E-state index is 0.886. The number of hydrogen-bond acceptors (Lipinski definition) is 3. The Morgan fingerprint density at radius 1 is 1.17 bits per heavy atom. The first-order chi connectivity index (χ1) is 8.85. The summed E-state index contributed by atoms with van der Waals surface area (Å²) in [4.78, 5) is 2.47. The van der Waals surface area contributed by atoms with Crippen molar-refractivity contribution in [3.05, 3.63) is 23.8 Å². The second kappa shape index (κ2) is 6.64. The van der Waals surface area contributed by atoms with Crippen molar-refractivity contribution >= 4 is 5.69 Å². The molecular weight excluding hydrogens is 224 g/mol. The molecule has 0 radical (unpaired) electrons. The van der Waals surface area contributed by atoms with Gasteiger partial charge in [-0.2, -0.15) is 0 Å². The highest BCUT2D eigenvalue weighted by Gasteiger charge is 2.14. The van der Waals surface area contributed by atoms with Crippen molar-refractivity contribution in [3.63, 3.8) is 0 Å². The van der Waals surface area contributed by atoms with Crippen molar-refractivity contribution < 1.29 is 4.74 Å². The van der Waals surface area contributed by atoms with Gasteiger partial charge in [-0.1, -0.05) is 18.9 Å². The molecule has 0 bridgehead atoms. The van der Waals surface area contributed by atoms with Gasteiger partial charge >= 0.3 is 0 Å². The van der Waals surface area contributed by atoms with Crippen molar-refractivity contribution in [1.82, 2.24) is 5.32 Å². The molecule has 0 unspecified atom stereocenters. The molecule has 1 aromatic rings. The van der Waals surface area contributed by atoms with Crippen molar-refractivity contribution in [1.29, 1.82) is 0 Å². The van der Waals surface area contributed by atoms with E-state index in [-0.39, 0.29) is 0 Å². The fraction of sp³-hybridized carbons (Fsp3) is 0.600. The molecule has 18 heavy (non-hydrogen) atoms. The molecule has 1 aliphatic heterocycles. The molecule has 100 valence electrons. The molecule has 0 aromatic heterocycles. The average molecular weight is 248 g/mol. The molecule has 1 saturated heterocycles. The molecule has 0 aliphatic carbocycles. The molecule has 0 atom stereocenters. The van der Waals surface area contributed by atoms with Crippen LogP contribution in [0.5, 0.6) is 5.75 Å². The summed E-state index contributed by atoms with van der Waals surface area (Å²) in [6.45, 7) is 3.19. The molecule has 0 saturated carbocycles. The van der Waals surface area contributed by atoms with Crippen LogP contribution in [-0.4, -0.2) is 27.2 Å². The average Bonchev–Trinajstić information content (AvgIpc) is 2.68. The van der Waals surface area contributed by atoms with Gasteiger partial charge in [0.25, 0.3) is 0 Å². The van der Waals surface area contributed by atoms with E-state index >= 15 is 0 Å². The Kier molecular flexibility index (Phi) is 4.88. The molecular formula is C15H24N2O. The van der Waals surface area contributed by atoms with Crippen molar-refractivity contribution in [2.45, 2.75) is 32.2 Å². The lowest BCUT2D eigenvalue weighted by Gasteiger charge is -2.25. The predicted octanol–water partition coefficient (Wildman–Crippen LogP) is 2.80. The van der Waals surface area contributed by atoms with E-state index < -0.39 is 0 Å². The lowest BCUT2D eigenvalue weighted by molar-refractivity contribution is 0.413. The van der Waals surface area contributed by atoms with Crippen LogP contribution in [0.1, 0.15) is 31.2 Å². The lowest BCUT2D eigenvalue weighted by atomic mass is 10.1. The molecule has 0 amide bonds. The summed E-state index contributed by atoms with van der Waals surface area (Å²) >= 11 is 0. The number of anilines is 1. The second-order valence-electron chi connectivity index (χ2n) is 4.94. The molecule has 0 spiro atoms. The molecule has 3 nitrogen and oxygen atoms in total. The van der Waals surface area contributed by atoms with E-state index in [1.165, 1.54) is 36.9 Å². The number of rotatable bonds is 4. The quantitative estimate of drug-likeness (QED) is 0.886. The normalized spacial score (nSPS) is 16.4. The molecule has 2 rings (SSSR count). The zero-order chi connectivity index (χ0) is 12.8. The maximum atomic E-state index is 5.56. The minimum Gasteiger partial charge on any atom is -0.495 e. The summed E-state index contributed by atoms with van der Waals surface area (Å²) in [7, 11) is 3.73. The Hall–Kier alpha value is -1.22. The monoisotopic (exact) mass is 248 g/mol. The Bertz CT molecular complexity index is 371. The van der Waals surface area contributed by atoms with E-state index in [0.717, 1.165) is 25.4 Å². The van der Waals surface area contributed by atoms with E-state index in [4.69, 9.17) is 4.74 Å². The summed E-state index contributed by atoms with van der Waals surface area (Å²) in [5.74, 6) is 1.00. The number of nitrogens with zero attached hydrogens (tertiary/aromatic N) is 1. The molecule has 1 N–H and O–H groups in total. The van der Waals surface area contributed by atoms with Gasteiger partial charge in [-0.25, -0.2) is 0 Å². The van der Waals surface area contributed by atoms with E-state index in [1.54, 1.807) is 7.11 Å². The fourth-order valence-electron chi connectivity index (χ4n) is 2.61. The molecule has 1 heterocycles. The summed E-state index contributed by atoms with van der Waals surface area (Å²) in [6.07, 6.45) is 5.30. The highest BCUT2D eigenvalue weighted by molar-refractivity contribution is 5.60. The van der Waals surface area contributed by atoms with Crippen LogP contribution < -0.4 is 15.0 Å². The fourth-order valence-corrected chi connectivity index (χ4v) is 2.61. The third kappa shape index (κ3) is 3.16. The third-order valence-electron chi connectivity index (χ3n) is 3.57. The zero-order valence-electron chi connectivity index (χ0n) is 11.5. The summed E-state index contributed by atoms with van der Waals surface area (Å²) in [6, 6.07) is 6.55. The van der Waals surface area contributed by atoms with Gasteiger partial charge in [0.1, 0.15) is 5.75 Å². The molecule has 3 heteroatoms. The van der Waals surface area contributed by atoms with Crippen LogP contribution >= 0.6 is 0 Å². The largest absolute Gasteiger partial charge is 0.495 e. The Morgan fingerprint density at radius 2 is 1.89 bits per heavy atom. The number of methoxy groups -OCH3 is 1. The van der Waals surface area contributed by atoms with Crippen LogP contribution in [0.25, 0.3) is 0 Å². The maximum Gasteiger partial charge on any atom is 0.142 e. The number of benzene rings is 1. The van der Waals surface area contributed by atoms with Crippen LogP contribution in [0, 0.1) is 0 Å². The summed E-state index contributed by atoms with van der Waals surface area (Å²) in [5.41, 5.74) is 2.52. The van der Waals surface area contributed by atoms with Crippen molar-refractivity contribution in [2.75, 3.05) is 32.1 Å². The van der Waals surface area contributed by atoms with E-state index in [9.17, 15) is 0 Å². The first-order valence-electron chi connectivity index (χ1n) is 6.91. The maximum absolute atomic E-state index is 5.56. The van der Waals surface area contributed by atoms with Gasteiger partial charge in [-0.15, -0.1) is 0 Å². The van der Waals surface area contributed by atoms with Gasteiger partial charge in [0.05, 0.1) is 12.8 Å². The minimum atomic E-state index is 0.886.